The Morgan fingerprint density at radius 3 is 2.27 bits per heavy atom. The van der Waals surface area contributed by atoms with Crippen molar-refractivity contribution in [2.24, 2.45) is 0 Å². The van der Waals surface area contributed by atoms with Crippen LogP contribution in [0.5, 0.6) is 5.75 Å². The number of para-hydroxylation sites is 2. The molecule has 0 atom stereocenters. The Labute approximate surface area is 264 Å². The van der Waals surface area contributed by atoms with E-state index >= 15 is 0 Å². The van der Waals surface area contributed by atoms with E-state index in [1.54, 1.807) is 12.0 Å². The second kappa shape index (κ2) is 14.9. The minimum Gasteiger partial charge on any atom is -0.496 e. The molecule has 3 aromatic carbocycles. The number of hydrogen-bond donors (Lipinski definition) is 1. The molecule has 1 fully saturated rings. The molecular formula is C36H41N3O6. The van der Waals surface area contributed by atoms with Gasteiger partial charge in [0.05, 0.1) is 29.7 Å². The van der Waals surface area contributed by atoms with Crippen molar-refractivity contribution >= 4 is 35.0 Å². The molecule has 1 saturated heterocycles. The van der Waals surface area contributed by atoms with Crippen LogP contribution in [0.4, 0.5) is 21.9 Å². The van der Waals surface area contributed by atoms with Crippen LogP contribution in [-0.2, 0) is 27.3 Å². The molecule has 0 aliphatic carbocycles. The van der Waals surface area contributed by atoms with Gasteiger partial charge in [0.1, 0.15) is 19.0 Å². The van der Waals surface area contributed by atoms with E-state index in [-0.39, 0.29) is 19.0 Å². The molecule has 0 saturated carbocycles. The molecule has 1 N–H and O–H groups in total. The van der Waals surface area contributed by atoms with Gasteiger partial charge in [0, 0.05) is 24.1 Å². The fraction of sp³-hybridized carbons (Fsp3) is 0.361. The molecule has 9 nitrogen and oxygen atoms in total. The number of urea groups is 1. The number of rotatable bonds is 12. The van der Waals surface area contributed by atoms with Crippen molar-refractivity contribution < 1.29 is 28.6 Å². The fourth-order valence-corrected chi connectivity index (χ4v) is 5.94. The molecule has 0 spiro atoms. The third-order valence-corrected chi connectivity index (χ3v) is 8.39. The van der Waals surface area contributed by atoms with Crippen LogP contribution < -0.4 is 15.0 Å². The maximum atomic E-state index is 14.1. The van der Waals surface area contributed by atoms with Crippen molar-refractivity contribution in [2.75, 3.05) is 43.6 Å². The molecule has 45 heavy (non-hydrogen) atoms. The molecule has 3 aromatic rings. The first-order valence-electron chi connectivity index (χ1n) is 15.5. The first-order valence-corrected chi connectivity index (χ1v) is 15.5. The van der Waals surface area contributed by atoms with Crippen molar-refractivity contribution in [2.45, 2.75) is 52.6 Å². The Hall–Kier alpha value is -4.63. The summed E-state index contributed by atoms with van der Waals surface area (Å²) in [6.45, 7) is 7.29. The normalized spacial score (nSPS) is 14.6. The molecule has 2 amide bonds. The lowest BCUT2D eigenvalue weighted by molar-refractivity contribution is -0.143. The number of fused-ring (bicyclic) bond motifs is 1. The maximum Gasteiger partial charge on any atom is 0.341 e. The van der Waals surface area contributed by atoms with Crippen LogP contribution in [0.25, 0.3) is 0 Å². The summed E-state index contributed by atoms with van der Waals surface area (Å²) in [4.78, 5) is 43.4. The van der Waals surface area contributed by atoms with Crippen LogP contribution in [-0.4, -0.2) is 56.2 Å². The van der Waals surface area contributed by atoms with E-state index in [0.29, 0.717) is 59.0 Å². The molecule has 9 heteroatoms. The van der Waals surface area contributed by atoms with Gasteiger partial charge in [-0.25, -0.2) is 9.59 Å². The fourth-order valence-electron chi connectivity index (χ4n) is 5.94. The minimum absolute atomic E-state index is 0.106. The summed E-state index contributed by atoms with van der Waals surface area (Å²) in [6.07, 6.45) is 5.60. The predicted molar refractivity (Wildman–Crippen MR) is 174 cm³/mol. The van der Waals surface area contributed by atoms with Gasteiger partial charge in [0.25, 0.3) is 0 Å². The number of likely N-dealkylation sites (tertiary alicyclic amines) is 1. The Morgan fingerprint density at radius 2 is 1.64 bits per heavy atom. The molecule has 2 aliphatic rings. The summed E-state index contributed by atoms with van der Waals surface area (Å²) in [5.74, 6) is -0.125. The SMILES string of the molecule is COc1c(C)c2c(c(NC(=O)N(c3ccccc3)c3ccccc3)c1CC=C(C)CCC(=O)OCCN1CCCC1)C(=O)OC2. The number of carbonyl (C=O) groups is 3. The van der Waals surface area contributed by atoms with E-state index < -0.39 is 12.0 Å². The van der Waals surface area contributed by atoms with Crippen LogP contribution in [0.15, 0.2) is 72.3 Å². The van der Waals surface area contributed by atoms with E-state index in [1.807, 2.05) is 80.6 Å². The summed E-state index contributed by atoms with van der Waals surface area (Å²) in [7, 11) is 1.58. The van der Waals surface area contributed by atoms with Crippen molar-refractivity contribution in [1.82, 2.24) is 4.90 Å². The van der Waals surface area contributed by atoms with Crippen molar-refractivity contribution in [1.29, 1.82) is 0 Å². The Morgan fingerprint density at radius 1 is 1.00 bits per heavy atom. The van der Waals surface area contributed by atoms with Gasteiger partial charge in [0.2, 0.25) is 0 Å². The quantitative estimate of drug-likeness (QED) is 0.175. The molecule has 2 heterocycles. The number of allylic oxidation sites excluding steroid dienone is 2. The maximum absolute atomic E-state index is 14.1. The van der Waals surface area contributed by atoms with Gasteiger partial charge < -0.3 is 19.5 Å². The van der Waals surface area contributed by atoms with Gasteiger partial charge in [-0.2, -0.15) is 0 Å². The average molecular weight is 612 g/mol. The van der Waals surface area contributed by atoms with Gasteiger partial charge in [-0.1, -0.05) is 48.0 Å². The average Bonchev–Trinajstić information content (AvgIpc) is 3.72. The lowest BCUT2D eigenvalue weighted by Gasteiger charge is -2.26. The minimum atomic E-state index is -0.490. The van der Waals surface area contributed by atoms with Crippen molar-refractivity contribution in [3.63, 3.8) is 0 Å². The highest BCUT2D eigenvalue weighted by molar-refractivity contribution is 6.11. The van der Waals surface area contributed by atoms with Crippen molar-refractivity contribution in [3.8, 4) is 5.75 Å². The smallest absolute Gasteiger partial charge is 0.341 e. The first-order chi connectivity index (χ1) is 21.9. The largest absolute Gasteiger partial charge is 0.496 e. The second-order valence-electron chi connectivity index (χ2n) is 11.4. The topological polar surface area (TPSA) is 97.4 Å². The summed E-state index contributed by atoms with van der Waals surface area (Å²) >= 11 is 0. The monoisotopic (exact) mass is 611 g/mol. The van der Waals surface area contributed by atoms with Crippen LogP contribution in [0.3, 0.4) is 0 Å². The Kier molecular flexibility index (Phi) is 10.5. The standard InChI is InChI=1S/C36H41N3O6/c1-25(17-19-31(40)44-23-22-38-20-10-11-21-38)16-18-29-33(32-30(24-45-35(32)41)26(2)34(29)43-3)37-36(42)39(27-12-6-4-7-13-27)28-14-8-5-9-15-28/h4-9,12-16H,10-11,17-24H2,1-3H3,(H,37,42). The number of hydrogen-bond acceptors (Lipinski definition) is 7. The highest BCUT2D eigenvalue weighted by Crippen LogP contribution is 2.42. The van der Waals surface area contributed by atoms with Crippen LogP contribution in [0.1, 0.15) is 59.7 Å². The number of methoxy groups -OCH3 is 1. The van der Waals surface area contributed by atoms with E-state index in [0.717, 1.165) is 30.8 Å². The van der Waals surface area contributed by atoms with Crippen LogP contribution in [0.2, 0.25) is 0 Å². The molecule has 0 radical (unpaired) electrons. The number of nitrogens with zero attached hydrogens (tertiary/aromatic N) is 2. The zero-order valence-corrected chi connectivity index (χ0v) is 26.3. The number of esters is 2. The van der Waals surface area contributed by atoms with Crippen LogP contribution >= 0.6 is 0 Å². The van der Waals surface area contributed by atoms with Gasteiger partial charge in [-0.15, -0.1) is 0 Å². The number of amides is 2. The highest BCUT2D eigenvalue weighted by Gasteiger charge is 2.33. The predicted octanol–water partition coefficient (Wildman–Crippen LogP) is 6.95. The summed E-state index contributed by atoms with van der Waals surface area (Å²) in [5, 5.41) is 3.06. The van der Waals surface area contributed by atoms with E-state index in [9.17, 15) is 14.4 Å². The second-order valence-corrected chi connectivity index (χ2v) is 11.4. The van der Waals surface area contributed by atoms with E-state index in [1.165, 1.54) is 12.8 Å². The van der Waals surface area contributed by atoms with Gasteiger partial charge in [-0.05, 0) is 82.4 Å². The third kappa shape index (κ3) is 7.54. The van der Waals surface area contributed by atoms with E-state index in [2.05, 4.69) is 10.2 Å². The molecule has 0 aromatic heterocycles. The number of ether oxygens (including phenoxy) is 3. The number of cyclic esters (lactones) is 1. The first kappa shape index (κ1) is 31.8. The number of nitrogens with one attached hydrogen (secondary N) is 1. The summed E-state index contributed by atoms with van der Waals surface area (Å²) in [6, 6.07) is 18.2. The van der Waals surface area contributed by atoms with E-state index in [4.69, 9.17) is 14.2 Å². The van der Waals surface area contributed by atoms with Crippen molar-refractivity contribution in [3.05, 3.63) is 94.6 Å². The Bertz CT molecular complexity index is 1510. The molecule has 5 rings (SSSR count). The molecule has 0 unspecified atom stereocenters. The highest BCUT2D eigenvalue weighted by atomic mass is 16.5. The zero-order chi connectivity index (χ0) is 31.8. The van der Waals surface area contributed by atoms with Gasteiger partial charge >= 0.3 is 18.0 Å². The molecule has 2 aliphatic heterocycles. The number of anilines is 3. The molecule has 236 valence electrons. The lowest BCUT2D eigenvalue weighted by Crippen LogP contribution is -2.32. The third-order valence-electron chi connectivity index (χ3n) is 8.39. The number of benzene rings is 3. The molecular weight excluding hydrogens is 570 g/mol. The Balaban J connectivity index is 1.39. The zero-order valence-electron chi connectivity index (χ0n) is 26.3. The van der Waals surface area contributed by atoms with Gasteiger partial charge in [-0.3, -0.25) is 14.6 Å². The summed E-state index contributed by atoms with van der Waals surface area (Å²) < 4.78 is 16.8. The lowest BCUT2D eigenvalue weighted by atomic mass is 9.93. The van der Waals surface area contributed by atoms with Crippen LogP contribution in [0, 0.1) is 6.92 Å². The number of carbonyl (C=O) groups excluding carboxylic acids is 3. The molecule has 0 bridgehead atoms. The van der Waals surface area contributed by atoms with Gasteiger partial charge in [0.15, 0.2) is 0 Å². The summed E-state index contributed by atoms with van der Waals surface area (Å²) in [5.41, 5.74) is 5.18.